The molecule has 0 saturated heterocycles. The summed E-state index contributed by atoms with van der Waals surface area (Å²) in [6.07, 6.45) is 0. The summed E-state index contributed by atoms with van der Waals surface area (Å²) in [6.45, 7) is 3.64. The van der Waals surface area contributed by atoms with Gasteiger partial charge in [-0.3, -0.25) is 10.1 Å². The van der Waals surface area contributed by atoms with Crippen LogP contribution in [-0.2, 0) is 0 Å². The van der Waals surface area contributed by atoms with E-state index in [9.17, 15) is 4.79 Å². The lowest BCUT2D eigenvalue weighted by molar-refractivity contribution is 0.102. The van der Waals surface area contributed by atoms with Gasteiger partial charge < -0.3 is 5.73 Å². The Morgan fingerprint density at radius 2 is 2.18 bits per heavy atom. The molecule has 0 bridgehead atoms. The van der Waals surface area contributed by atoms with Crippen LogP contribution in [0.15, 0.2) is 18.2 Å². The zero-order chi connectivity index (χ0) is 12.4. The van der Waals surface area contributed by atoms with Crippen LogP contribution in [0.5, 0.6) is 0 Å². The Morgan fingerprint density at radius 1 is 1.41 bits per heavy atom. The van der Waals surface area contributed by atoms with Crippen LogP contribution in [0.25, 0.3) is 0 Å². The van der Waals surface area contributed by atoms with E-state index >= 15 is 0 Å². The molecule has 6 heteroatoms. The summed E-state index contributed by atoms with van der Waals surface area (Å²) >= 11 is 1.16. The largest absolute Gasteiger partial charge is 0.399 e. The molecular weight excluding hydrogens is 236 g/mol. The summed E-state index contributed by atoms with van der Waals surface area (Å²) in [6, 6.07) is 5.23. The van der Waals surface area contributed by atoms with E-state index in [0.29, 0.717) is 22.2 Å². The number of nitrogens with zero attached hydrogens (tertiary/aromatic N) is 2. The maximum absolute atomic E-state index is 12.0. The molecule has 0 aliphatic carbocycles. The third-order valence-electron chi connectivity index (χ3n) is 2.25. The van der Waals surface area contributed by atoms with E-state index in [2.05, 4.69) is 14.7 Å². The van der Waals surface area contributed by atoms with Crippen molar-refractivity contribution in [3.63, 3.8) is 0 Å². The number of carbonyl (C=O) groups excluding carboxylic acids is 1. The van der Waals surface area contributed by atoms with Crippen molar-refractivity contribution in [3.05, 3.63) is 35.2 Å². The van der Waals surface area contributed by atoms with Gasteiger partial charge in [0.2, 0.25) is 5.13 Å². The van der Waals surface area contributed by atoms with Gasteiger partial charge in [0.05, 0.1) is 0 Å². The summed E-state index contributed by atoms with van der Waals surface area (Å²) in [5.74, 6) is 0.431. The number of hydrogen-bond donors (Lipinski definition) is 2. The first kappa shape index (κ1) is 11.5. The quantitative estimate of drug-likeness (QED) is 0.796. The highest BCUT2D eigenvalue weighted by Gasteiger charge is 2.11. The fourth-order valence-electron chi connectivity index (χ4n) is 1.40. The van der Waals surface area contributed by atoms with Crippen LogP contribution in [0, 0.1) is 13.8 Å². The number of rotatable bonds is 2. The Balaban J connectivity index is 2.22. The molecule has 1 aromatic carbocycles. The molecule has 0 atom stereocenters. The first-order valence-electron chi connectivity index (χ1n) is 5.04. The van der Waals surface area contributed by atoms with Gasteiger partial charge in [-0.2, -0.15) is 4.37 Å². The third-order valence-corrected chi connectivity index (χ3v) is 2.98. The molecule has 1 aromatic heterocycles. The lowest BCUT2D eigenvalue weighted by Crippen LogP contribution is -2.13. The Morgan fingerprint density at radius 3 is 2.82 bits per heavy atom. The van der Waals surface area contributed by atoms with Gasteiger partial charge in [0, 0.05) is 22.8 Å². The van der Waals surface area contributed by atoms with Gasteiger partial charge in [0.15, 0.2) is 0 Å². The summed E-state index contributed by atoms with van der Waals surface area (Å²) < 4.78 is 3.99. The van der Waals surface area contributed by atoms with Crippen molar-refractivity contribution in [2.24, 2.45) is 0 Å². The molecule has 2 rings (SSSR count). The summed E-state index contributed by atoms with van der Waals surface area (Å²) in [5.41, 5.74) is 7.65. The summed E-state index contributed by atoms with van der Waals surface area (Å²) in [7, 11) is 0. The predicted molar refractivity (Wildman–Crippen MR) is 68.2 cm³/mol. The number of benzene rings is 1. The van der Waals surface area contributed by atoms with Gasteiger partial charge in [-0.05, 0) is 31.5 Å². The average molecular weight is 248 g/mol. The van der Waals surface area contributed by atoms with Crippen LogP contribution in [0.3, 0.4) is 0 Å². The molecule has 0 saturated carbocycles. The highest BCUT2D eigenvalue weighted by atomic mass is 32.1. The third kappa shape index (κ3) is 2.59. The van der Waals surface area contributed by atoms with Crippen molar-refractivity contribution < 1.29 is 4.79 Å². The second kappa shape index (κ2) is 4.50. The van der Waals surface area contributed by atoms with Gasteiger partial charge in [-0.1, -0.05) is 6.07 Å². The van der Waals surface area contributed by atoms with Gasteiger partial charge >= 0.3 is 0 Å². The number of anilines is 2. The lowest BCUT2D eigenvalue weighted by Gasteiger charge is -2.05. The zero-order valence-electron chi connectivity index (χ0n) is 9.52. The number of aryl methyl sites for hydroxylation is 2. The molecule has 88 valence electrons. The molecule has 0 fully saturated rings. The fraction of sp³-hybridized carbons (Fsp3) is 0.182. The second-order valence-electron chi connectivity index (χ2n) is 3.68. The molecule has 17 heavy (non-hydrogen) atoms. The minimum Gasteiger partial charge on any atom is -0.399 e. The van der Waals surface area contributed by atoms with Crippen LogP contribution < -0.4 is 11.1 Å². The van der Waals surface area contributed by atoms with Gasteiger partial charge in [0.1, 0.15) is 5.82 Å². The molecule has 0 radical (unpaired) electrons. The molecule has 1 amide bonds. The summed E-state index contributed by atoms with van der Waals surface area (Å²) in [5, 5.41) is 3.19. The minimum atomic E-state index is -0.217. The van der Waals surface area contributed by atoms with E-state index in [1.165, 1.54) is 0 Å². The van der Waals surface area contributed by atoms with E-state index < -0.39 is 0 Å². The minimum absolute atomic E-state index is 0.217. The van der Waals surface area contributed by atoms with E-state index in [4.69, 9.17) is 5.73 Å². The molecule has 0 unspecified atom stereocenters. The van der Waals surface area contributed by atoms with Gasteiger partial charge in [0.25, 0.3) is 5.91 Å². The number of nitrogens with two attached hydrogens (primary N) is 1. The van der Waals surface area contributed by atoms with E-state index in [1.54, 1.807) is 19.1 Å². The predicted octanol–water partition coefficient (Wildman–Crippen LogP) is 1.99. The maximum Gasteiger partial charge on any atom is 0.257 e. The standard InChI is InChI=1S/C11H12N4OS/c1-6-3-4-8(12)5-9(6)10(16)14-11-13-7(2)15-17-11/h3-5H,12H2,1-2H3,(H,13,14,15,16). The van der Waals surface area contributed by atoms with Crippen LogP contribution >= 0.6 is 11.5 Å². The van der Waals surface area contributed by atoms with Crippen molar-refractivity contribution in [3.8, 4) is 0 Å². The maximum atomic E-state index is 12.0. The first-order valence-corrected chi connectivity index (χ1v) is 5.81. The smallest absolute Gasteiger partial charge is 0.257 e. The van der Waals surface area contributed by atoms with Gasteiger partial charge in [-0.15, -0.1) is 0 Å². The second-order valence-corrected chi connectivity index (χ2v) is 4.43. The number of aromatic nitrogens is 2. The van der Waals surface area contributed by atoms with E-state index in [-0.39, 0.29) is 5.91 Å². The Hall–Kier alpha value is -1.95. The van der Waals surface area contributed by atoms with Crippen molar-refractivity contribution in [1.29, 1.82) is 0 Å². The van der Waals surface area contributed by atoms with E-state index in [0.717, 1.165) is 17.1 Å². The topological polar surface area (TPSA) is 80.9 Å². The Kier molecular flexibility index (Phi) is 3.06. The number of hydrogen-bond acceptors (Lipinski definition) is 5. The molecule has 2 aromatic rings. The molecule has 0 aliphatic heterocycles. The first-order chi connectivity index (χ1) is 8.06. The van der Waals surface area contributed by atoms with Crippen molar-refractivity contribution in [1.82, 2.24) is 9.36 Å². The monoisotopic (exact) mass is 248 g/mol. The van der Waals surface area contributed by atoms with Crippen LogP contribution in [0.4, 0.5) is 10.8 Å². The van der Waals surface area contributed by atoms with Gasteiger partial charge in [-0.25, -0.2) is 4.98 Å². The highest BCUT2D eigenvalue weighted by molar-refractivity contribution is 7.09. The lowest BCUT2D eigenvalue weighted by atomic mass is 10.1. The zero-order valence-corrected chi connectivity index (χ0v) is 10.3. The van der Waals surface area contributed by atoms with Crippen molar-refractivity contribution >= 4 is 28.3 Å². The number of carbonyl (C=O) groups is 1. The van der Waals surface area contributed by atoms with Crippen molar-refractivity contribution in [2.45, 2.75) is 13.8 Å². The molecule has 5 nitrogen and oxygen atoms in total. The SMILES string of the molecule is Cc1nsc(NC(=O)c2cc(N)ccc2C)n1. The van der Waals surface area contributed by atoms with Crippen LogP contribution in [0.1, 0.15) is 21.7 Å². The Bertz CT molecular complexity index is 564. The fourth-order valence-corrected chi connectivity index (χ4v) is 1.97. The normalized spacial score (nSPS) is 10.2. The molecule has 1 heterocycles. The molecule has 3 N–H and O–H groups in total. The van der Waals surface area contributed by atoms with Crippen LogP contribution in [-0.4, -0.2) is 15.3 Å². The van der Waals surface area contributed by atoms with E-state index in [1.807, 2.05) is 13.0 Å². The van der Waals surface area contributed by atoms with Crippen LogP contribution in [0.2, 0.25) is 0 Å². The number of nitrogen functional groups attached to an aromatic ring is 1. The molecule has 0 aliphatic rings. The Labute approximate surface area is 103 Å². The number of amides is 1. The summed E-state index contributed by atoms with van der Waals surface area (Å²) in [4.78, 5) is 16.0. The number of nitrogens with one attached hydrogen (secondary N) is 1. The molecule has 0 spiro atoms. The van der Waals surface area contributed by atoms with Crippen molar-refractivity contribution in [2.75, 3.05) is 11.1 Å². The average Bonchev–Trinajstić information content (AvgIpc) is 2.67. The highest BCUT2D eigenvalue weighted by Crippen LogP contribution is 2.16. The molecular formula is C11H12N4OS.